The van der Waals surface area contributed by atoms with E-state index in [9.17, 15) is 14.0 Å². The van der Waals surface area contributed by atoms with Gasteiger partial charge in [0.05, 0.1) is 12.5 Å². The van der Waals surface area contributed by atoms with Crippen molar-refractivity contribution < 1.29 is 14.0 Å². The number of para-hydroxylation sites is 1. The van der Waals surface area contributed by atoms with Crippen LogP contribution in [0.25, 0.3) is 0 Å². The first-order valence-electron chi connectivity index (χ1n) is 7.34. The van der Waals surface area contributed by atoms with Crippen molar-refractivity contribution in [3.63, 3.8) is 0 Å². The van der Waals surface area contributed by atoms with Gasteiger partial charge in [-0.05, 0) is 29.3 Å². The molecular formula is C18H16FN3O2. The molecule has 5 nitrogen and oxygen atoms in total. The number of benzene rings is 2. The SMILES string of the molecule is N#CCC(=O)NCc1ccccc1NC(=O)Cc1ccc(F)cc1. The van der Waals surface area contributed by atoms with E-state index in [0.717, 1.165) is 5.56 Å². The van der Waals surface area contributed by atoms with E-state index in [1.54, 1.807) is 42.5 Å². The van der Waals surface area contributed by atoms with Crippen LogP contribution in [0.15, 0.2) is 48.5 Å². The van der Waals surface area contributed by atoms with Crippen molar-refractivity contribution in [2.75, 3.05) is 5.32 Å². The first-order valence-corrected chi connectivity index (χ1v) is 7.34. The van der Waals surface area contributed by atoms with Gasteiger partial charge in [0, 0.05) is 12.2 Å². The van der Waals surface area contributed by atoms with Crippen LogP contribution < -0.4 is 10.6 Å². The Morgan fingerprint density at radius 3 is 2.46 bits per heavy atom. The van der Waals surface area contributed by atoms with Gasteiger partial charge in [-0.2, -0.15) is 5.26 Å². The predicted molar refractivity (Wildman–Crippen MR) is 87.3 cm³/mol. The van der Waals surface area contributed by atoms with Gasteiger partial charge in [-0.1, -0.05) is 30.3 Å². The van der Waals surface area contributed by atoms with Crippen molar-refractivity contribution in [1.82, 2.24) is 5.32 Å². The van der Waals surface area contributed by atoms with E-state index in [1.165, 1.54) is 12.1 Å². The molecule has 24 heavy (non-hydrogen) atoms. The summed E-state index contributed by atoms with van der Waals surface area (Å²) >= 11 is 0. The Balaban J connectivity index is 1.98. The molecule has 0 radical (unpaired) electrons. The maximum atomic E-state index is 12.9. The van der Waals surface area contributed by atoms with E-state index in [2.05, 4.69) is 10.6 Å². The molecule has 0 fully saturated rings. The molecule has 0 unspecified atom stereocenters. The third-order valence-corrected chi connectivity index (χ3v) is 3.29. The van der Waals surface area contributed by atoms with Crippen LogP contribution in [0.5, 0.6) is 0 Å². The van der Waals surface area contributed by atoms with Crippen LogP contribution in [-0.4, -0.2) is 11.8 Å². The molecule has 2 aromatic rings. The molecule has 0 aliphatic rings. The predicted octanol–water partition coefficient (Wildman–Crippen LogP) is 2.54. The highest BCUT2D eigenvalue weighted by molar-refractivity contribution is 5.93. The molecule has 0 saturated heterocycles. The van der Waals surface area contributed by atoms with Crippen LogP contribution in [0.4, 0.5) is 10.1 Å². The minimum absolute atomic E-state index is 0.120. The van der Waals surface area contributed by atoms with Crippen LogP contribution in [0.3, 0.4) is 0 Å². The number of amides is 2. The van der Waals surface area contributed by atoms with Crippen molar-refractivity contribution in [2.45, 2.75) is 19.4 Å². The number of hydrogen-bond donors (Lipinski definition) is 2. The highest BCUT2D eigenvalue weighted by atomic mass is 19.1. The second-order valence-electron chi connectivity index (χ2n) is 5.12. The van der Waals surface area contributed by atoms with Crippen molar-refractivity contribution in [1.29, 1.82) is 5.26 Å². The zero-order chi connectivity index (χ0) is 17.4. The Morgan fingerprint density at radius 2 is 1.75 bits per heavy atom. The second kappa shape index (κ2) is 8.44. The fourth-order valence-corrected chi connectivity index (χ4v) is 2.11. The van der Waals surface area contributed by atoms with Gasteiger partial charge in [-0.15, -0.1) is 0 Å². The summed E-state index contributed by atoms with van der Waals surface area (Å²) in [5, 5.41) is 13.9. The number of carbonyl (C=O) groups is 2. The van der Waals surface area contributed by atoms with Crippen LogP contribution >= 0.6 is 0 Å². The molecule has 0 heterocycles. The maximum Gasteiger partial charge on any atom is 0.234 e. The average Bonchev–Trinajstić information content (AvgIpc) is 2.56. The number of anilines is 1. The lowest BCUT2D eigenvalue weighted by Gasteiger charge is -2.11. The first kappa shape index (κ1) is 17.2. The topological polar surface area (TPSA) is 82.0 Å². The van der Waals surface area contributed by atoms with Crippen LogP contribution in [0.2, 0.25) is 0 Å². The highest BCUT2D eigenvalue weighted by Gasteiger charge is 2.09. The number of hydrogen-bond acceptors (Lipinski definition) is 3. The Hall–Kier alpha value is -3.20. The lowest BCUT2D eigenvalue weighted by molar-refractivity contribution is -0.120. The van der Waals surface area contributed by atoms with Gasteiger partial charge in [0.15, 0.2) is 0 Å². The normalized spacial score (nSPS) is 9.83. The molecule has 0 aromatic heterocycles. The largest absolute Gasteiger partial charge is 0.351 e. The van der Waals surface area contributed by atoms with Gasteiger partial charge in [-0.3, -0.25) is 9.59 Å². The zero-order valence-electron chi connectivity index (χ0n) is 12.9. The standard InChI is InChI=1S/C18H16FN3O2/c19-15-7-5-13(6-8-15)11-18(24)22-16-4-2-1-3-14(16)12-21-17(23)9-10-20/h1-8H,9,11-12H2,(H,21,23)(H,22,24). The number of nitrogens with zero attached hydrogens (tertiary/aromatic N) is 1. The summed E-state index contributed by atoms with van der Waals surface area (Å²) in [7, 11) is 0. The van der Waals surface area contributed by atoms with E-state index >= 15 is 0 Å². The third-order valence-electron chi connectivity index (χ3n) is 3.29. The Labute approximate surface area is 139 Å². The quantitative estimate of drug-likeness (QED) is 0.856. The Kier molecular flexibility index (Phi) is 6.03. The molecule has 0 aliphatic carbocycles. The Bertz CT molecular complexity index is 767. The molecule has 0 aliphatic heterocycles. The number of nitriles is 1. The lowest BCUT2D eigenvalue weighted by Crippen LogP contribution is -2.23. The highest BCUT2D eigenvalue weighted by Crippen LogP contribution is 2.15. The van der Waals surface area contributed by atoms with E-state index in [-0.39, 0.29) is 37.0 Å². The zero-order valence-corrected chi connectivity index (χ0v) is 12.9. The second-order valence-corrected chi connectivity index (χ2v) is 5.12. The maximum absolute atomic E-state index is 12.9. The summed E-state index contributed by atoms with van der Waals surface area (Å²) in [6.45, 7) is 0.216. The summed E-state index contributed by atoms with van der Waals surface area (Å²) in [4.78, 5) is 23.5. The summed E-state index contributed by atoms with van der Waals surface area (Å²) in [6.07, 6.45) is -0.0888. The van der Waals surface area contributed by atoms with E-state index in [4.69, 9.17) is 5.26 Å². The Morgan fingerprint density at radius 1 is 1.04 bits per heavy atom. The minimum Gasteiger partial charge on any atom is -0.351 e. The van der Waals surface area contributed by atoms with Crippen LogP contribution in [-0.2, 0) is 22.6 Å². The molecule has 6 heteroatoms. The summed E-state index contributed by atoms with van der Waals surface area (Å²) in [6, 6.07) is 14.6. The number of halogens is 1. The number of carbonyl (C=O) groups excluding carboxylic acids is 2. The van der Waals surface area contributed by atoms with Gasteiger partial charge in [0.25, 0.3) is 0 Å². The lowest BCUT2D eigenvalue weighted by atomic mass is 10.1. The average molecular weight is 325 g/mol. The third kappa shape index (κ3) is 5.21. The van der Waals surface area contributed by atoms with Gasteiger partial charge >= 0.3 is 0 Å². The van der Waals surface area contributed by atoms with Crippen molar-refractivity contribution >= 4 is 17.5 Å². The van der Waals surface area contributed by atoms with E-state index in [0.29, 0.717) is 11.3 Å². The molecule has 2 amide bonds. The van der Waals surface area contributed by atoms with Crippen molar-refractivity contribution in [3.8, 4) is 6.07 Å². The summed E-state index contributed by atoms with van der Waals surface area (Å²) < 4.78 is 12.9. The van der Waals surface area contributed by atoms with Gasteiger partial charge in [0.1, 0.15) is 12.2 Å². The fraction of sp³-hybridized carbons (Fsp3) is 0.167. The molecule has 0 bridgehead atoms. The van der Waals surface area contributed by atoms with Gasteiger partial charge in [0.2, 0.25) is 11.8 Å². The molecule has 0 spiro atoms. The number of rotatable bonds is 6. The number of nitrogens with one attached hydrogen (secondary N) is 2. The van der Waals surface area contributed by atoms with Crippen molar-refractivity contribution in [3.05, 3.63) is 65.5 Å². The summed E-state index contributed by atoms with van der Waals surface area (Å²) in [5.74, 6) is -0.958. The van der Waals surface area contributed by atoms with Gasteiger partial charge < -0.3 is 10.6 Å². The first-order chi connectivity index (χ1) is 11.6. The molecule has 2 aromatic carbocycles. The van der Waals surface area contributed by atoms with Gasteiger partial charge in [-0.25, -0.2) is 4.39 Å². The minimum atomic E-state index is -0.370. The van der Waals surface area contributed by atoms with E-state index in [1.807, 2.05) is 0 Å². The smallest absolute Gasteiger partial charge is 0.234 e. The fourth-order valence-electron chi connectivity index (χ4n) is 2.11. The molecule has 2 rings (SSSR count). The van der Waals surface area contributed by atoms with Crippen LogP contribution in [0, 0.1) is 17.1 Å². The molecule has 2 N–H and O–H groups in total. The molecular weight excluding hydrogens is 309 g/mol. The van der Waals surface area contributed by atoms with Crippen molar-refractivity contribution in [2.24, 2.45) is 0 Å². The van der Waals surface area contributed by atoms with Crippen LogP contribution in [0.1, 0.15) is 17.5 Å². The molecule has 122 valence electrons. The monoisotopic (exact) mass is 325 g/mol. The van der Waals surface area contributed by atoms with E-state index < -0.39 is 0 Å². The molecule has 0 atom stereocenters. The molecule has 0 saturated carbocycles. The summed E-state index contributed by atoms with van der Waals surface area (Å²) in [5.41, 5.74) is 2.02.